The third-order valence-corrected chi connectivity index (χ3v) is 1.08. The van der Waals surface area contributed by atoms with E-state index in [2.05, 4.69) is 4.84 Å². The van der Waals surface area contributed by atoms with Crippen LogP contribution in [0.4, 0.5) is 0 Å². The van der Waals surface area contributed by atoms with Crippen molar-refractivity contribution in [1.82, 2.24) is 4.84 Å². The van der Waals surface area contributed by atoms with Gasteiger partial charge in [0.25, 0.3) is 5.84 Å². The number of nitrogens with one attached hydrogen (secondary N) is 1. The second-order valence-corrected chi connectivity index (χ2v) is 1.76. The fraction of sp³-hybridized carbons (Fsp3) is 0.750. The van der Waals surface area contributed by atoms with Crippen molar-refractivity contribution in [3.63, 3.8) is 0 Å². The number of halogens is 1. The maximum absolute atomic E-state index is 5.22. The van der Waals surface area contributed by atoms with Crippen molar-refractivity contribution in [2.75, 3.05) is 14.1 Å². The molecule has 0 bridgehead atoms. The van der Waals surface area contributed by atoms with Gasteiger partial charge in [-0.3, -0.25) is 4.58 Å². The van der Waals surface area contributed by atoms with Gasteiger partial charge < -0.3 is 0 Å². The highest BCUT2D eigenvalue weighted by Gasteiger charge is 1.91. The Kier molecular flexibility index (Phi) is 2.76. The molecule has 0 aromatic heterocycles. The molecule has 0 saturated heterocycles. The molecule has 0 aliphatic heterocycles. The van der Waals surface area contributed by atoms with Crippen LogP contribution in [0.15, 0.2) is 0 Å². The topological polar surface area (TPSA) is 15.0 Å². The molecule has 0 spiro atoms. The molecular weight excluding hydrogens is 112 g/mol. The Balaban J connectivity index is 3.72. The number of nitrogens with zero attached hydrogens (tertiary/aromatic N) is 1. The van der Waals surface area contributed by atoms with Crippen molar-refractivity contribution in [2.24, 2.45) is 0 Å². The van der Waals surface area contributed by atoms with Crippen LogP contribution in [0.25, 0.3) is 0 Å². The Bertz CT molecular complexity index is 83.7. The van der Waals surface area contributed by atoms with Gasteiger partial charge in [0.1, 0.15) is 11.8 Å². The number of rotatable bonds is 0. The molecule has 0 heterocycles. The van der Waals surface area contributed by atoms with Crippen LogP contribution in [0.2, 0.25) is 0 Å². The summed E-state index contributed by atoms with van der Waals surface area (Å²) >= 11 is 5.22. The van der Waals surface area contributed by atoms with Crippen molar-refractivity contribution in [3.05, 3.63) is 0 Å². The fourth-order valence-electron chi connectivity index (χ4n) is 0.0845. The van der Waals surface area contributed by atoms with Crippen LogP contribution in [0.3, 0.4) is 0 Å². The van der Waals surface area contributed by atoms with Crippen LogP contribution in [0.1, 0.15) is 6.92 Å². The molecule has 42 valence electrons. The van der Waals surface area contributed by atoms with E-state index in [1.54, 1.807) is 0 Å². The van der Waals surface area contributed by atoms with Gasteiger partial charge in [0.05, 0.1) is 14.1 Å². The first-order chi connectivity index (χ1) is 3.18. The van der Waals surface area contributed by atoms with Gasteiger partial charge in [-0.1, -0.05) is 0 Å². The maximum atomic E-state index is 5.22. The summed E-state index contributed by atoms with van der Waals surface area (Å²) in [4.78, 5) is 2.48. The van der Waals surface area contributed by atoms with Crippen molar-refractivity contribution in [3.8, 4) is 0 Å². The molecule has 0 fully saturated rings. The maximum Gasteiger partial charge on any atom is 0.258 e. The summed E-state index contributed by atoms with van der Waals surface area (Å²) in [6.07, 6.45) is 0. The number of hydrogen-bond acceptors (Lipinski definition) is 0. The molecule has 0 radical (unpaired) electrons. The molecule has 0 aliphatic carbocycles. The van der Waals surface area contributed by atoms with E-state index < -0.39 is 0 Å². The van der Waals surface area contributed by atoms with Crippen LogP contribution in [-0.4, -0.2) is 24.5 Å². The first-order valence-corrected chi connectivity index (χ1v) is 2.43. The van der Waals surface area contributed by atoms with Gasteiger partial charge in [-0.25, -0.2) is 0 Å². The zero-order valence-corrected chi connectivity index (χ0v) is 5.58. The molecule has 0 aliphatic rings. The molecule has 7 heavy (non-hydrogen) atoms. The number of amidine groups is 1. The summed E-state index contributed by atoms with van der Waals surface area (Å²) in [6.45, 7) is 1.90. The first kappa shape index (κ1) is 6.76. The molecular formula is C4H10ClN2+. The molecule has 0 aromatic rings. The molecule has 0 atom stereocenters. The zero-order valence-electron chi connectivity index (χ0n) is 4.83. The summed E-state index contributed by atoms with van der Waals surface area (Å²) < 4.78 is 1.90. The molecule has 1 N–H and O–H groups in total. The monoisotopic (exact) mass is 121 g/mol. The van der Waals surface area contributed by atoms with Crippen LogP contribution in [0.5, 0.6) is 0 Å². The summed E-state index contributed by atoms with van der Waals surface area (Å²) in [7, 11) is 3.84. The SMILES string of the molecule is CC(NCl)=[N+](C)C. The summed E-state index contributed by atoms with van der Waals surface area (Å²) in [5, 5.41) is 0. The van der Waals surface area contributed by atoms with E-state index in [4.69, 9.17) is 11.8 Å². The normalized spacial score (nSPS) is 8.00. The van der Waals surface area contributed by atoms with Gasteiger partial charge in [-0.15, -0.1) is 0 Å². The Morgan fingerprint density at radius 1 is 1.57 bits per heavy atom. The van der Waals surface area contributed by atoms with Gasteiger partial charge in [0.15, 0.2) is 0 Å². The summed E-state index contributed by atoms with van der Waals surface area (Å²) in [6, 6.07) is 0. The highest BCUT2D eigenvalue weighted by Crippen LogP contribution is 1.67. The van der Waals surface area contributed by atoms with Crippen LogP contribution in [0, 0.1) is 0 Å². The minimum Gasteiger partial charge on any atom is -0.270 e. The predicted octanol–water partition coefficient (Wildman–Crippen LogP) is 0.420. The van der Waals surface area contributed by atoms with E-state index >= 15 is 0 Å². The van der Waals surface area contributed by atoms with Gasteiger partial charge in [-0.05, 0) is 0 Å². The second-order valence-electron chi connectivity index (χ2n) is 1.57. The molecule has 0 amide bonds. The van der Waals surface area contributed by atoms with Crippen LogP contribution < -0.4 is 4.84 Å². The van der Waals surface area contributed by atoms with Crippen molar-refractivity contribution in [2.45, 2.75) is 6.92 Å². The molecule has 0 saturated carbocycles. The van der Waals surface area contributed by atoms with Gasteiger partial charge >= 0.3 is 0 Å². The lowest BCUT2D eigenvalue weighted by Gasteiger charge is -1.89. The van der Waals surface area contributed by atoms with E-state index in [0.29, 0.717) is 0 Å². The summed E-state index contributed by atoms with van der Waals surface area (Å²) in [5.41, 5.74) is 0. The third-order valence-electron chi connectivity index (χ3n) is 0.808. The molecule has 0 rings (SSSR count). The molecule has 2 nitrogen and oxygen atoms in total. The van der Waals surface area contributed by atoms with Crippen LogP contribution in [-0.2, 0) is 0 Å². The van der Waals surface area contributed by atoms with E-state index in [-0.39, 0.29) is 0 Å². The highest BCUT2D eigenvalue weighted by atomic mass is 35.5. The summed E-state index contributed by atoms with van der Waals surface area (Å²) in [5.74, 6) is 0.946. The Morgan fingerprint density at radius 3 is 2.00 bits per heavy atom. The smallest absolute Gasteiger partial charge is 0.258 e. The minimum atomic E-state index is 0.946. The zero-order chi connectivity index (χ0) is 5.86. The van der Waals surface area contributed by atoms with Gasteiger partial charge in [0, 0.05) is 6.92 Å². The lowest BCUT2D eigenvalue weighted by atomic mass is 10.7. The first-order valence-electron chi connectivity index (χ1n) is 2.06. The Morgan fingerprint density at radius 2 is 2.00 bits per heavy atom. The Hall–Kier alpha value is -0.240. The van der Waals surface area contributed by atoms with Crippen molar-refractivity contribution in [1.29, 1.82) is 0 Å². The van der Waals surface area contributed by atoms with E-state index in [0.717, 1.165) is 5.84 Å². The number of hydrogen-bond donors (Lipinski definition) is 1. The van der Waals surface area contributed by atoms with Gasteiger partial charge in [-0.2, -0.15) is 4.84 Å². The average Bonchev–Trinajstić information content (AvgIpc) is 1.65. The predicted molar refractivity (Wildman–Crippen MR) is 31.8 cm³/mol. The van der Waals surface area contributed by atoms with E-state index in [1.165, 1.54) is 0 Å². The molecule has 0 unspecified atom stereocenters. The van der Waals surface area contributed by atoms with E-state index in [9.17, 15) is 0 Å². The average molecular weight is 122 g/mol. The standard InChI is InChI=1S/C4H9ClN2/c1-4(6-5)7(2)3/h1-3H3/p+1. The second kappa shape index (κ2) is 2.86. The molecule has 0 aromatic carbocycles. The molecule has 3 heteroatoms. The minimum absolute atomic E-state index is 0.946. The van der Waals surface area contributed by atoms with Crippen LogP contribution >= 0.6 is 11.8 Å². The lowest BCUT2D eigenvalue weighted by molar-refractivity contribution is -0.466. The Labute approximate surface area is 48.9 Å². The third kappa shape index (κ3) is 2.45. The largest absolute Gasteiger partial charge is 0.270 e. The van der Waals surface area contributed by atoms with Gasteiger partial charge in [0.2, 0.25) is 0 Å². The highest BCUT2D eigenvalue weighted by molar-refractivity contribution is 6.21. The van der Waals surface area contributed by atoms with Crippen molar-refractivity contribution >= 4 is 17.6 Å². The van der Waals surface area contributed by atoms with E-state index in [1.807, 2.05) is 25.6 Å². The lowest BCUT2D eigenvalue weighted by Crippen LogP contribution is -2.19. The fourth-order valence-corrected chi connectivity index (χ4v) is 0.254. The quantitative estimate of drug-likeness (QED) is 0.213. The van der Waals surface area contributed by atoms with Crippen molar-refractivity contribution < 1.29 is 4.58 Å².